The molecule has 0 bridgehead atoms. The third-order valence-corrected chi connectivity index (χ3v) is 7.38. The molecule has 40 heavy (non-hydrogen) atoms. The molecule has 8 heteroatoms. The van der Waals surface area contributed by atoms with Crippen molar-refractivity contribution in [1.82, 2.24) is 10.2 Å². The fraction of sp³-hybridized carbons (Fsp3) is 0.531. The second-order valence-electron chi connectivity index (χ2n) is 12.4. The third-order valence-electron chi connectivity index (χ3n) is 7.07. The number of carbonyl (C=O) groups excluding carboxylic acids is 3. The van der Waals surface area contributed by atoms with E-state index < -0.39 is 29.3 Å². The summed E-state index contributed by atoms with van der Waals surface area (Å²) in [6.45, 7) is 20.6. The summed E-state index contributed by atoms with van der Waals surface area (Å²) in [5, 5.41) is 6.21. The van der Waals surface area contributed by atoms with Crippen LogP contribution in [0.1, 0.15) is 90.1 Å². The van der Waals surface area contributed by atoms with E-state index in [2.05, 4.69) is 10.6 Å². The van der Waals surface area contributed by atoms with Crippen LogP contribution in [0.15, 0.2) is 36.4 Å². The first-order valence-electron chi connectivity index (χ1n) is 13.9. The van der Waals surface area contributed by atoms with Crippen LogP contribution in [0.4, 0.5) is 10.5 Å². The Hall–Kier alpha value is -3.06. The molecule has 220 valence electrons. The normalized spacial score (nSPS) is 13.4. The number of nitrogens with zero attached hydrogens (tertiary/aromatic N) is 1. The second kappa shape index (κ2) is 13.1. The van der Waals surface area contributed by atoms with E-state index in [1.807, 2.05) is 85.7 Å². The van der Waals surface area contributed by atoms with Crippen LogP contribution < -0.4 is 10.6 Å². The van der Waals surface area contributed by atoms with Gasteiger partial charge in [0.2, 0.25) is 5.91 Å². The summed E-state index contributed by atoms with van der Waals surface area (Å²) in [7, 11) is 0. The van der Waals surface area contributed by atoms with Crippen molar-refractivity contribution in [3.8, 4) is 0 Å². The van der Waals surface area contributed by atoms with Gasteiger partial charge in [-0.25, -0.2) is 4.79 Å². The minimum absolute atomic E-state index is 0.275. The number of nitrogens with one attached hydrogen (secondary N) is 2. The molecule has 3 amide bonds. The molecule has 0 saturated carbocycles. The Labute approximate surface area is 245 Å². The number of anilines is 1. The minimum atomic E-state index is -1.00. The van der Waals surface area contributed by atoms with E-state index in [0.29, 0.717) is 22.7 Å². The van der Waals surface area contributed by atoms with Gasteiger partial charge in [-0.15, -0.1) is 0 Å². The Morgan fingerprint density at radius 1 is 0.975 bits per heavy atom. The van der Waals surface area contributed by atoms with Crippen molar-refractivity contribution in [2.75, 3.05) is 5.32 Å². The lowest BCUT2D eigenvalue weighted by atomic mass is 9.88. The molecule has 7 nitrogen and oxygen atoms in total. The number of hydrogen-bond acceptors (Lipinski definition) is 4. The number of benzene rings is 2. The molecule has 0 radical (unpaired) electrons. The summed E-state index contributed by atoms with van der Waals surface area (Å²) < 4.78 is 5.48. The zero-order chi connectivity index (χ0) is 30.6. The Morgan fingerprint density at radius 3 is 2.12 bits per heavy atom. The Bertz CT molecular complexity index is 1210. The van der Waals surface area contributed by atoms with Crippen LogP contribution in [0.25, 0.3) is 0 Å². The van der Waals surface area contributed by atoms with Gasteiger partial charge in [-0.3, -0.25) is 9.59 Å². The van der Waals surface area contributed by atoms with Gasteiger partial charge in [-0.1, -0.05) is 68.3 Å². The molecule has 0 aliphatic rings. The molecule has 2 aromatic carbocycles. The molecule has 2 unspecified atom stereocenters. The van der Waals surface area contributed by atoms with E-state index in [-0.39, 0.29) is 17.7 Å². The van der Waals surface area contributed by atoms with Gasteiger partial charge in [-0.2, -0.15) is 0 Å². The van der Waals surface area contributed by atoms with Crippen LogP contribution in [-0.4, -0.2) is 40.0 Å². The van der Waals surface area contributed by atoms with E-state index in [4.69, 9.17) is 16.3 Å². The summed E-state index contributed by atoms with van der Waals surface area (Å²) in [4.78, 5) is 43.3. The van der Waals surface area contributed by atoms with E-state index in [0.717, 1.165) is 16.7 Å². The third kappa shape index (κ3) is 8.23. The van der Waals surface area contributed by atoms with E-state index in [1.165, 1.54) is 0 Å². The van der Waals surface area contributed by atoms with Gasteiger partial charge in [-0.05, 0) is 90.5 Å². The fourth-order valence-corrected chi connectivity index (χ4v) is 4.75. The molecular formula is C32H46ClN3O4. The van der Waals surface area contributed by atoms with Gasteiger partial charge < -0.3 is 20.3 Å². The van der Waals surface area contributed by atoms with Crippen molar-refractivity contribution in [2.24, 2.45) is 5.92 Å². The van der Waals surface area contributed by atoms with Crippen LogP contribution >= 0.6 is 11.6 Å². The predicted molar refractivity (Wildman–Crippen MR) is 163 cm³/mol. The molecule has 0 aliphatic heterocycles. The highest BCUT2D eigenvalue weighted by Crippen LogP contribution is 2.36. The van der Waals surface area contributed by atoms with Crippen molar-refractivity contribution in [1.29, 1.82) is 0 Å². The second-order valence-corrected chi connectivity index (χ2v) is 12.8. The van der Waals surface area contributed by atoms with Crippen LogP contribution in [-0.2, 0) is 14.3 Å². The zero-order valence-electron chi connectivity index (χ0n) is 25.9. The van der Waals surface area contributed by atoms with Crippen LogP contribution in [0.3, 0.4) is 0 Å². The van der Waals surface area contributed by atoms with Crippen LogP contribution in [0.2, 0.25) is 5.02 Å². The van der Waals surface area contributed by atoms with Gasteiger partial charge >= 0.3 is 6.09 Å². The number of alkyl carbamates (subject to hydrolysis) is 1. The van der Waals surface area contributed by atoms with Gasteiger partial charge in [0.05, 0.1) is 10.7 Å². The maximum absolute atomic E-state index is 14.5. The predicted octanol–water partition coefficient (Wildman–Crippen LogP) is 7.51. The van der Waals surface area contributed by atoms with Crippen LogP contribution in [0.5, 0.6) is 0 Å². The Balaban J connectivity index is 2.74. The SMILES string of the molecule is CCC(C)(C)N(C(=O)C(NC(=O)OC(C)(C)C)C(C)C)C(C(=O)Nc1c(C)cccc1Cl)c1cc(C)ccc1C. The fourth-order valence-electron chi connectivity index (χ4n) is 4.48. The van der Waals surface area contributed by atoms with Crippen molar-refractivity contribution in [3.63, 3.8) is 0 Å². The topological polar surface area (TPSA) is 87.7 Å². The van der Waals surface area contributed by atoms with Crippen LogP contribution in [0, 0.1) is 26.7 Å². The smallest absolute Gasteiger partial charge is 0.408 e. The van der Waals surface area contributed by atoms with E-state index in [9.17, 15) is 14.4 Å². The van der Waals surface area contributed by atoms with E-state index in [1.54, 1.807) is 31.7 Å². The number of halogens is 1. The molecule has 0 fully saturated rings. The molecule has 2 rings (SSSR count). The number of carbonyl (C=O) groups is 3. The highest BCUT2D eigenvalue weighted by Gasteiger charge is 2.44. The molecule has 2 N–H and O–H groups in total. The van der Waals surface area contributed by atoms with Crippen molar-refractivity contribution in [3.05, 3.63) is 63.7 Å². The van der Waals surface area contributed by atoms with Gasteiger partial charge in [0.25, 0.3) is 5.91 Å². The first-order chi connectivity index (χ1) is 18.4. The van der Waals surface area contributed by atoms with Gasteiger partial charge in [0.15, 0.2) is 0 Å². The number of aryl methyl sites for hydroxylation is 3. The lowest BCUT2D eigenvalue weighted by molar-refractivity contribution is -0.148. The summed E-state index contributed by atoms with van der Waals surface area (Å²) in [6, 6.07) is 9.35. The molecule has 2 aromatic rings. The number of amides is 3. The largest absolute Gasteiger partial charge is 0.444 e. The summed E-state index contributed by atoms with van der Waals surface area (Å²) in [6.07, 6.45) is -0.122. The molecule has 0 heterocycles. The monoisotopic (exact) mass is 571 g/mol. The first kappa shape index (κ1) is 33.1. The summed E-state index contributed by atoms with van der Waals surface area (Å²) in [5.41, 5.74) is 2.35. The number of ether oxygens (including phenoxy) is 1. The minimum Gasteiger partial charge on any atom is -0.444 e. The van der Waals surface area contributed by atoms with Crippen molar-refractivity contribution >= 4 is 35.2 Å². The number of hydrogen-bond donors (Lipinski definition) is 2. The van der Waals surface area contributed by atoms with Gasteiger partial charge in [0.1, 0.15) is 17.7 Å². The highest BCUT2D eigenvalue weighted by molar-refractivity contribution is 6.34. The average molecular weight is 572 g/mol. The Kier molecular flexibility index (Phi) is 10.8. The first-order valence-corrected chi connectivity index (χ1v) is 14.2. The quantitative estimate of drug-likeness (QED) is 0.326. The number of para-hydroxylation sites is 1. The van der Waals surface area contributed by atoms with Crippen molar-refractivity contribution in [2.45, 2.75) is 106 Å². The molecule has 0 spiro atoms. The lowest BCUT2D eigenvalue weighted by Gasteiger charge is -2.45. The van der Waals surface area contributed by atoms with Crippen molar-refractivity contribution < 1.29 is 19.1 Å². The average Bonchev–Trinajstić information content (AvgIpc) is 2.83. The van der Waals surface area contributed by atoms with Gasteiger partial charge in [0, 0.05) is 5.54 Å². The molecular weight excluding hydrogens is 526 g/mol. The molecule has 0 aromatic heterocycles. The molecule has 2 atom stereocenters. The summed E-state index contributed by atoms with van der Waals surface area (Å²) in [5.74, 6) is -1.03. The lowest BCUT2D eigenvalue weighted by Crippen LogP contribution is -2.60. The Morgan fingerprint density at radius 2 is 1.60 bits per heavy atom. The standard InChI is InChI=1S/C32H46ClN3O4/c1-12-32(10,11)36(29(38)25(19(2)3)35-30(39)40-31(7,8)9)27(23-18-20(4)16-17-21(23)5)28(37)34-26-22(6)14-13-15-24(26)33/h13-19,25,27H,12H2,1-11H3,(H,34,37)(H,35,39). The zero-order valence-corrected chi connectivity index (χ0v) is 26.6. The maximum Gasteiger partial charge on any atom is 0.408 e. The maximum atomic E-state index is 14.5. The summed E-state index contributed by atoms with van der Waals surface area (Å²) >= 11 is 6.49. The van der Waals surface area contributed by atoms with E-state index >= 15 is 0 Å². The number of rotatable bonds is 9. The molecule has 0 saturated heterocycles. The highest BCUT2D eigenvalue weighted by atomic mass is 35.5. The molecule has 0 aliphatic carbocycles.